The Hall–Kier alpha value is -2.06. The third-order valence-electron chi connectivity index (χ3n) is 3.90. The Morgan fingerprint density at radius 3 is 2.80 bits per heavy atom. The van der Waals surface area contributed by atoms with E-state index in [1.807, 2.05) is 37.3 Å². The molecule has 0 saturated carbocycles. The summed E-state index contributed by atoms with van der Waals surface area (Å²) in [6.07, 6.45) is -0.480. The smallest absolute Gasteiger partial charge is 0.262 e. The third kappa shape index (κ3) is 4.73. The van der Waals surface area contributed by atoms with Crippen molar-refractivity contribution in [1.82, 2.24) is 20.8 Å². The molecule has 1 saturated heterocycles. The molecule has 2 N–H and O–H groups in total. The molecule has 1 aromatic heterocycles. The lowest BCUT2D eigenvalue weighted by atomic mass is 10.1. The second kappa shape index (κ2) is 7.88. The molecule has 1 aliphatic heterocycles. The van der Waals surface area contributed by atoms with Crippen molar-refractivity contribution < 1.29 is 18.1 Å². The van der Waals surface area contributed by atoms with Crippen LogP contribution in [0.25, 0.3) is 11.4 Å². The Balaban J connectivity index is 0.00000225. The molecule has 25 heavy (non-hydrogen) atoms. The van der Waals surface area contributed by atoms with Gasteiger partial charge in [0.2, 0.25) is 17.6 Å². The van der Waals surface area contributed by atoms with Gasteiger partial charge in [-0.2, -0.15) is 4.98 Å². The van der Waals surface area contributed by atoms with Gasteiger partial charge >= 0.3 is 0 Å². The van der Waals surface area contributed by atoms with Crippen molar-refractivity contribution in [3.05, 3.63) is 36.2 Å². The van der Waals surface area contributed by atoms with Crippen LogP contribution in [-0.4, -0.2) is 41.1 Å². The molecule has 2 atom stereocenters. The summed E-state index contributed by atoms with van der Waals surface area (Å²) in [6.45, 7) is 1.59. The molecule has 2 aromatic rings. The first-order valence-electron chi connectivity index (χ1n) is 7.72. The predicted molar refractivity (Wildman–Crippen MR) is 89.8 cm³/mol. The number of amides is 1. The molecule has 0 bridgehead atoms. The Morgan fingerprint density at radius 2 is 2.16 bits per heavy atom. The highest BCUT2D eigenvalue weighted by Gasteiger charge is 2.42. The minimum absolute atomic E-state index is 0. The molecule has 6 nitrogen and oxygen atoms in total. The van der Waals surface area contributed by atoms with Gasteiger partial charge in [0.05, 0.1) is 18.5 Å². The van der Waals surface area contributed by atoms with E-state index in [4.69, 9.17) is 4.52 Å². The van der Waals surface area contributed by atoms with E-state index in [-0.39, 0.29) is 24.9 Å². The van der Waals surface area contributed by atoms with Crippen LogP contribution < -0.4 is 10.6 Å². The maximum Gasteiger partial charge on any atom is 0.262 e. The number of aromatic nitrogens is 2. The minimum atomic E-state index is -2.83. The fourth-order valence-electron chi connectivity index (χ4n) is 2.50. The molecule has 9 heteroatoms. The van der Waals surface area contributed by atoms with Gasteiger partial charge in [0.1, 0.15) is 0 Å². The lowest BCUT2D eigenvalue weighted by Crippen LogP contribution is -2.41. The van der Waals surface area contributed by atoms with Crippen molar-refractivity contribution in [2.75, 3.05) is 13.1 Å². The number of hydrogen-bond donors (Lipinski definition) is 2. The Kier molecular flexibility index (Phi) is 6.07. The van der Waals surface area contributed by atoms with Crippen molar-refractivity contribution in [3.8, 4) is 11.4 Å². The second-order valence-corrected chi connectivity index (χ2v) is 5.96. The van der Waals surface area contributed by atoms with Gasteiger partial charge in [-0.1, -0.05) is 42.4 Å². The van der Waals surface area contributed by atoms with Crippen molar-refractivity contribution in [2.45, 2.75) is 31.2 Å². The summed E-state index contributed by atoms with van der Waals surface area (Å²) in [4.78, 5) is 16.2. The lowest BCUT2D eigenvalue weighted by molar-refractivity contribution is -0.123. The van der Waals surface area contributed by atoms with Crippen LogP contribution in [0, 0.1) is 0 Å². The van der Waals surface area contributed by atoms with Crippen LogP contribution in [0.2, 0.25) is 0 Å². The number of benzene rings is 1. The van der Waals surface area contributed by atoms with Crippen LogP contribution in [0.1, 0.15) is 25.2 Å². The van der Waals surface area contributed by atoms with E-state index in [0.29, 0.717) is 11.7 Å². The summed E-state index contributed by atoms with van der Waals surface area (Å²) in [5, 5.41) is 9.09. The van der Waals surface area contributed by atoms with E-state index in [1.165, 1.54) is 0 Å². The van der Waals surface area contributed by atoms with E-state index < -0.39 is 30.8 Å². The molecule has 0 spiro atoms. The summed E-state index contributed by atoms with van der Waals surface area (Å²) in [7, 11) is 0. The average molecular weight is 373 g/mol. The van der Waals surface area contributed by atoms with Gasteiger partial charge in [0, 0.05) is 18.5 Å². The van der Waals surface area contributed by atoms with Crippen LogP contribution in [-0.2, 0) is 4.79 Å². The molecular formula is C16H19ClF2N4O2. The molecule has 1 aromatic carbocycles. The maximum atomic E-state index is 13.1. The summed E-state index contributed by atoms with van der Waals surface area (Å²) in [5.74, 6) is -2.63. The fraction of sp³-hybridized carbons (Fsp3) is 0.438. The Labute approximate surface area is 149 Å². The first-order chi connectivity index (χ1) is 11.4. The van der Waals surface area contributed by atoms with E-state index in [2.05, 4.69) is 20.8 Å². The monoisotopic (exact) mass is 372 g/mol. The number of halogens is 3. The molecule has 0 radical (unpaired) electrons. The summed E-state index contributed by atoms with van der Waals surface area (Å²) < 4.78 is 31.4. The molecule has 0 aliphatic carbocycles. The highest BCUT2D eigenvalue weighted by molar-refractivity contribution is 5.85. The second-order valence-electron chi connectivity index (χ2n) is 5.96. The standard InChI is InChI=1S/C16H18F2N4O2.ClH/c1-10(8-19-14(23)12-7-16(17,18)9-20-12)15-21-13(22-24-15)11-5-3-2-4-6-11;/h2-6,10,12,20H,7-9H2,1H3,(H,19,23);1H. The van der Waals surface area contributed by atoms with Gasteiger partial charge in [0.25, 0.3) is 5.92 Å². The van der Waals surface area contributed by atoms with E-state index >= 15 is 0 Å². The van der Waals surface area contributed by atoms with E-state index in [0.717, 1.165) is 5.56 Å². The zero-order valence-corrected chi connectivity index (χ0v) is 14.4. The molecule has 2 unspecified atom stereocenters. The van der Waals surface area contributed by atoms with Crippen LogP contribution >= 0.6 is 12.4 Å². The Bertz CT molecular complexity index is 711. The van der Waals surface area contributed by atoms with Gasteiger partial charge in [-0.15, -0.1) is 12.4 Å². The zero-order valence-electron chi connectivity index (χ0n) is 13.5. The average Bonchev–Trinajstić information content (AvgIpc) is 3.20. The van der Waals surface area contributed by atoms with Crippen molar-refractivity contribution in [2.24, 2.45) is 0 Å². The Morgan fingerprint density at radius 1 is 1.44 bits per heavy atom. The van der Waals surface area contributed by atoms with Crippen LogP contribution in [0.3, 0.4) is 0 Å². The van der Waals surface area contributed by atoms with Crippen molar-refractivity contribution in [3.63, 3.8) is 0 Å². The molecule has 1 amide bonds. The number of nitrogens with one attached hydrogen (secondary N) is 2. The van der Waals surface area contributed by atoms with Gasteiger partial charge in [-0.3, -0.25) is 10.1 Å². The van der Waals surface area contributed by atoms with Gasteiger partial charge in [-0.25, -0.2) is 8.78 Å². The maximum absolute atomic E-state index is 13.1. The van der Waals surface area contributed by atoms with E-state index in [9.17, 15) is 13.6 Å². The SMILES string of the molecule is CC(CNC(=O)C1CC(F)(F)CN1)c1nc(-c2ccccc2)no1.Cl. The molecule has 2 heterocycles. The fourth-order valence-corrected chi connectivity index (χ4v) is 2.50. The molecule has 1 aliphatic rings. The highest BCUT2D eigenvalue weighted by Crippen LogP contribution is 2.25. The largest absolute Gasteiger partial charge is 0.354 e. The zero-order chi connectivity index (χ0) is 17.2. The number of alkyl halides is 2. The number of nitrogens with zero attached hydrogens (tertiary/aromatic N) is 2. The number of carbonyl (C=O) groups is 1. The first-order valence-corrected chi connectivity index (χ1v) is 7.72. The minimum Gasteiger partial charge on any atom is -0.354 e. The van der Waals surface area contributed by atoms with Crippen LogP contribution in [0.15, 0.2) is 34.9 Å². The van der Waals surface area contributed by atoms with Crippen molar-refractivity contribution in [1.29, 1.82) is 0 Å². The lowest BCUT2D eigenvalue weighted by Gasteiger charge is -2.13. The van der Waals surface area contributed by atoms with E-state index in [1.54, 1.807) is 0 Å². The molecule has 3 rings (SSSR count). The van der Waals surface area contributed by atoms with Gasteiger partial charge < -0.3 is 9.84 Å². The summed E-state index contributed by atoms with van der Waals surface area (Å²) in [6, 6.07) is 8.51. The van der Waals surface area contributed by atoms with Gasteiger partial charge in [-0.05, 0) is 0 Å². The number of rotatable bonds is 5. The van der Waals surface area contributed by atoms with Crippen molar-refractivity contribution >= 4 is 18.3 Å². The van der Waals surface area contributed by atoms with Gasteiger partial charge in [0.15, 0.2) is 0 Å². The quantitative estimate of drug-likeness (QED) is 0.842. The predicted octanol–water partition coefficient (Wildman–Crippen LogP) is 2.38. The summed E-state index contributed by atoms with van der Waals surface area (Å²) in [5.41, 5.74) is 0.834. The number of carbonyl (C=O) groups excluding carboxylic acids is 1. The first kappa shape index (κ1) is 19.3. The number of hydrogen-bond acceptors (Lipinski definition) is 5. The highest BCUT2D eigenvalue weighted by atomic mass is 35.5. The van der Waals surface area contributed by atoms with Crippen LogP contribution in [0.4, 0.5) is 8.78 Å². The summed E-state index contributed by atoms with van der Waals surface area (Å²) >= 11 is 0. The molecule has 1 fully saturated rings. The van der Waals surface area contributed by atoms with Crippen LogP contribution in [0.5, 0.6) is 0 Å². The normalized spacial score (nSPS) is 19.9. The molecular weight excluding hydrogens is 354 g/mol. The third-order valence-corrected chi connectivity index (χ3v) is 3.90. The molecule has 136 valence electrons. The topological polar surface area (TPSA) is 80.0 Å².